The van der Waals surface area contributed by atoms with Crippen LogP contribution in [0, 0.1) is 0 Å². The van der Waals surface area contributed by atoms with E-state index < -0.39 is 18.1 Å². The Morgan fingerprint density at radius 2 is 1.68 bits per heavy atom. The summed E-state index contributed by atoms with van der Waals surface area (Å²) in [7, 11) is 4.70. The number of hydrogen-bond donors (Lipinski definition) is 0. The van der Waals surface area contributed by atoms with E-state index in [0.29, 0.717) is 32.6 Å². The van der Waals surface area contributed by atoms with Crippen molar-refractivity contribution in [2.45, 2.75) is 13.0 Å². The molecule has 0 aliphatic heterocycles. The van der Waals surface area contributed by atoms with Crippen molar-refractivity contribution >= 4 is 46.5 Å². The van der Waals surface area contributed by atoms with Gasteiger partial charge in [0.1, 0.15) is 5.75 Å². The van der Waals surface area contributed by atoms with Gasteiger partial charge in [-0.25, -0.2) is 9.97 Å². The number of benzene rings is 2. The minimum atomic E-state index is -0.517. The Morgan fingerprint density at radius 3 is 2.29 bits per heavy atom. The number of carbonyl (C=O) groups is 3. The maximum atomic E-state index is 13.3. The average molecular weight is 501 g/mol. The molecule has 0 fully saturated rings. The number of amides is 2. The van der Waals surface area contributed by atoms with Crippen molar-refractivity contribution in [1.82, 2.24) is 14.9 Å². The number of ketones is 1. The molecule has 0 saturated heterocycles. The summed E-state index contributed by atoms with van der Waals surface area (Å²) in [5.41, 5.74) is 1.47. The molecule has 0 aliphatic carbocycles. The molecule has 2 amide bonds. The highest BCUT2D eigenvalue weighted by Gasteiger charge is 2.24. The van der Waals surface area contributed by atoms with Crippen LogP contribution in [-0.4, -0.2) is 53.7 Å². The van der Waals surface area contributed by atoms with Gasteiger partial charge >= 0.3 is 0 Å². The Bertz CT molecular complexity index is 1220. The maximum Gasteiger partial charge on any atom is 0.257 e. The van der Waals surface area contributed by atoms with Crippen molar-refractivity contribution in [2.75, 3.05) is 26.1 Å². The fraction of sp³-hybridized carbons (Fsp3) is 0.208. The van der Waals surface area contributed by atoms with E-state index >= 15 is 0 Å². The zero-order chi connectivity index (χ0) is 24.8. The van der Waals surface area contributed by atoms with Crippen LogP contribution in [0.4, 0.5) is 5.69 Å². The van der Waals surface area contributed by atoms with E-state index in [2.05, 4.69) is 9.97 Å². The summed E-state index contributed by atoms with van der Waals surface area (Å²) in [5, 5.41) is 0.720. The Morgan fingerprint density at radius 1 is 0.971 bits per heavy atom. The van der Waals surface area contributed by atoms with E-state index in [1.54, 1.807) is 56.6 Å². The van der Waals surface area contributed by atoms with Crippen LogP contribution in [0.15, 0.2) is 54.9 Å². The van der Waals surface area contributed by atoms with Crippen molar-refractivity contribution in [2.24, 2.45) is 0 Å². The van der Waals surface area contributed by atoms with Crippen molar-refractivity contribution in [1.29, 1.82) is 0 Å². The lowest BCUT2D eigenvalue weighted by molar-refractivity contribution is -0.117. The van der Waals surface area contributed by atoms with Gasteiger partial charge in [-0.15, -0.1) is 0 Å². The van der Waals surface area contributed by atoms with Crippen molar-refractivity contribution in [3.05, 3.63) is 81.9 Å². The molecular formula is C24H22Cl2N4O4. The van der Waals surface area contributed by atoms with Gasteiger partial charge in [0, 0.05) is 38.2 Å². The molecule has 0 spiro atoms. The fourth-order valence-electron chi connectivity index (χ4n) is 3.16. The molecule has 0 N–H and O–H groups in total. The van der Waals surface area contributed by atoms with Gasteiger partial charge in [0.2, 0.25) is 11.7 Å². The molecule has 0 aliphatic rings. The highest BCUT2D eigenvalue weighted by atomic mass is 35.5. The highest BCUT2D eigenvalue weighted by Crippen LogP contribution is 2.30. The number of carbonyl (C=O) groups excluding carboxylic acids is 3. The number of halogens is 2. The lowest BCUT2D eigenvalue weighted by Crippen LogP contribution is -2.32. The lowest BCUT2D eigenvalue weighted by atomic mass is 10.1. The molecule has 10 heteroatoms. The third-order valence-electron chi connectivity index (χ3n) is 4.89. The summed E-state index contributed by atoms with van der Waals surface area (Å²) >= 11 is 12.2. The molecule has 34 heavy (non-hydrogen) atoms. The Kier molecular flexibility index (Phi) is 8.20. The molecule has 2 aromatic carbocycles. The predicted octanol–water partition coefficient (Wildman–Crippen LogP) is 4.30. The minimum Gasteiger partial charge on any atom is -0.496 e. The Labute approximate surface area is 207 Å². The number of anilines is 1. The van der Waals surface area contributed by atoms with Gasteiger partial charge in [-0.05, 0) is 35.9 Å². The smallest absolute Gasteiger partial charge is 0.257 e. The first-order valence-corrected chi connectivity index (χ1v) is 10.9. The molecule has 1 heterocycles. The standard InChI is InChI=1S/C24H22Cl2N4O4/c1-29(2)24(33)17-7-6-16(12-21(17)34-3)30(14-15-5-8-18(25)19(26)11-15)22(32)13-20(31)23-27-9-4-10-28-23/h4-12H,13-14H2,1-3H3. The molecule has 0 atom stereocenters. The molecule has 3 aromatic rings. The van der Waals surface area contributed by atoms with Crippen LogP contribution in [0.2, 0.25) is 10.0 Å². The molecule has 8 nitrogen and oxygen atoms in total. The van der Waals surface area contributed by atoms with Crippen LogP contribution < -0.4 is 9.64 Å². The number of methoxy groups -OCH3 is 1. The molecular weight excluding hydrogens is 479 g/mol. The van der Waals surface area contributed by atoms with Crippen LogP contribution in [0.1, 0.15) is 33.0 Å². The monoisotopic (exact) mass is 500 g/mol. The predicted molar refractivity (Wildman–Crippen MR) is 130 cm³/mol. The van der Waals surface area contributed by atoms with Crippen LogP contribution >= 0.6 is 23.2 Å². The first-order chi connectivity index (χ1) is 16.2. The number of Topliss-reactive ketones (excluding diaryl/α,β-unsaturated/α-hetero) is 1. The zero-order valence-electron chi connectivity index (χ0n) is 18.8. The third-order valence-corrected chi connectivity index (χ3v) is 5.63. The van der Waals surface area contributed by atoms with Gasteiger partial charge in [0.05, 0.1) is 35.7 Å². The van der Waals surface area contributed by atoms with E-state index in [0.717, 1.165) is 0 Å². The quantitative estimate of drug-likeness (QED) is 0.338. The van der Waals surface area contributed by atoms with Gasteiger partial charge in [-0.2, -0.15) is 0 Å². The molecule has 0 saturated carbocycles. The summed E-state index contributed by atoms with van der Waals surface area (Å²) < 4.78 is 5.41. The number of nitrogens with zero attached hydrogens (tertiary/aromatic N) is 4. The highest BCUT2D eigenvalue weighted by molar-refractivity contribution is 6.42. The van der Waals surface area contributed by atoms with Crippen molar-refractivity contribution in [3.63, 3.8) is 0 Å². The molecule has 1 aromatic heterocycles. The van der Waals surface area contributed by atoms with E-state index in [4.69, 9.17) is 27.9 Å². The topological polar surface area (TPSA) is 92.7 Å². The summed E-state index contributed by atoms with van der Waals surface area (Å²) in [6.07, 6.45) is 2.42. The number of rotatable bonds is 8. The number of hydrogen-bond acceptors (Lipinski definition) is 6. The molecule has 176 valence electrons. The number of ether oxygens (including phenoxy) is 1. The second-order valence-corrected chi connectivity index (χ2v) is 8.30. The number of aromatic nitrogens is 2. The van der Waals surface area contributed by atoms with Gasteiger partial charge < -0.3 is 14.5 Å². The molecule has 0 bridgehead atoms. The third kappa shape index (κ3) is 5.89. The van der Waals surface area contributed by atoms with Crippen molar-refractivity contribution < 1.29 is 19.1 Å². The Hall–Kier alpha value is -3.49. The van der Waals surface area contributed by atoms with E-state index in [1.807, 2.05) is 0 Å². The van der Waals surface area contributed by atoms with Crippen LogP contribution in [0.5, 0.6) is 5.75 Å². The fourth-order valence-corrected chi connectivity index (χ4v) is 3.49. The van der Waals surface area contributed by atoms with Crippen LogP contribution in [0.3, 0.4) is 0 Å². The normalized spacial score (nSPS) is 10.5. The van der Waals surface area contributed by atoms with Gasteiger partial charge in [-0.1, -0.05) is 29.3 Å². The second kappa shape index (κ2) is 11.1. The van der Waals surface area contributed by atoms with Crippen molar-refractivity contribution in [3.8, 4) is 5.75 Å². The van der Waals surface area contributed by atoms with E-state index in [9.17, 15) is 14.4 Å². The second-order valence-electron chi connectivity index (χ2n) is 7.48. The average Bonchev–Trinajstić information content (AvgIpc) is 2.84. The van der Waals surface area contributed by atoms with Gasteiger partial charge in [-0.3, -0.25) is 14.4 Å². The molecule has 3 rings (SSSR count). The van der Waals surface area contributed by atoms with E-state index in [-0.39, 0.29) is 18.3 Å². The SMILES string of the molecule is COc1cc(N(Cc2ccc(Cl)c(Cl)c2)C(=O)CC(=O)c2ncccn2)ccc1C(=O)N(C)C. The van der Waals surface area contributed by atoms with E-state index in [1.165, 1.54) is 29.3 Å². The van der Waals surface area contributed by atoms with Gasteiger partial charge in [0.25, 0.3) is 5.91 Å². The van der Waals surface area contributed by atoms with Crippen LogP contribution in [0.25, 0.3) is 0 Å². The minimum absolute atomic E-state index is 0.0464. The van der Waals surface area contributed by atoms with Gasteiger partial charge in [0.15, 0.2) is 5.82 Å². The largest absolute Gasteiger partial charge is 0.496 e. The summed E-state index contributed by atoms with van der Waals surface area (Å²) in [4.78, 5) is 49.0. The lowest BCUT2D eigenvalue weighted by Gasteiger charge is -2.24. The maximum absolute atomic E-state index is 13.3. The summed E-state index contributed by atoms with van der Waals surface area (Å²) in [6, 6.07) is 11.4. The molecule has 0 unspecified atom stereocenters. The zero-order valence-corrected chi connectivity index (χ0v) is 20.3. The summed E-state index contributed by atoms with van der Waals surface area (Å²) in [5.74, 6) is -1.01. The first kappa shape index (κ1) is 25.1. The van der Waals surface area contributed by atoms with Crippen LogP contribution in [-0.2, 0) is 11.3 Å². The first-order valence-electron chi connectivity index (χ1n) is 10.2. The molecule has 0 radical (unpaired) electrons. The Balaban J connectivity index is 1.98. The summed E-state index contributed by atoms with van der Waals surface area (Å²) in [6.45, 7) is 0.1000.